The van der Waals surface area contributed by atoms with Gasteiger partial charge in [-0.05, 0) is 51.3 Å². The molecule has 4 rings (SSSR count). The first-order valence-corrected chi connectivity index (χ1v) is 12.2. The molecule has 0 spiro atoms. The molecule has 0 aliphatic carbocycles. The van der Waals surface area contributed by atoms with Crippen molar-refractivity contribution < 1.29 is 9.59 Å². The lowest BCUT2D eigenvalue weighted by atomic mass is 9.90. The number of aryl methyl sites for hydroxylation is 1. The molecule has 1 saturated heterocycles. The number of carbonyl (C=O) groups excluding carboxylic acids is 2. The van der Waals surface area contributed by atoms with Gasteiger partial charge in [0.05, 0.1) is 17.0 Å². The third-order valence-corrected chi connectivity index (χ3v) is 6.79. The summed E-state index contributed by atoms with van der Waals surface area (Å²) in [6.45, 7) is 6.55. The van der Waals surface area contributed by atoms with Crippen LogP contribution in [0.25, 0.3) is 11.1 Å². The Bertz CT molecular complexity index is 1250. The van der Waals surface area contributed by atoms with Gasteiger partial charge in [0.15, 0.2) is 5.78 Å². The van der Waals surface area contributed by atoms with Gasteiger partial charge in [-0.3, -0.25) is 14.3 Å². The Labute approximate surface area is 210 Å². The smallest absolute Gasteiger partial charge is 0.244 e. The van der Waals surface area contributed by atoms with Gasteiger partial charge < -0.3 is 9.80 Å². The van der Waals surface area contributed by atoms with E-state index in [0.717, 1.165) is 35.4 Å². The van der Waals surface area contributed by atoms with Crippen molar-refractivity contribution >= 4 is 29.2 Å². The number of rotatable bonds is 6. The lowest BCUT2D eigenvalue weighted by molar-refractivity contribution is -0.133. The van der Waals surface area contributed by atoms with Gasteiger partial charge in [-0.15, -0.1) is 0 Å². The van der Waals surface area contributed by atoms with Crippen LogP contribution in [0.5, 0.6) is 0 Å². The summed E-state index contributed by atoms with van der Waals surface area (Å²) in [7, 11) is 3.84. The zero-order chi connectivity index (χ0) is 25.3. The van der Waals surface area contributed by atoms with Crippen molar-refractivity contribution in [2.45, 2.75) is 46.1 Å². The van der Waals surface area contributed by atoms with Gasteiger partial charge in [-0.2, -0.15) is 5.10 Å². The fourth-order valence-corrected chi connectivity index (χ4v) is 4.91. The van der Waals surface area contributed by atoms with Gasteiger partial charge in [-0.25, -0.2) is 9.97 Å². The maximum Gasteiger partial charge on any atom is 0.244 e. The number of Topliss-reactive ketones (excluding diaryl/α,β-unsaturated/α-hetero) is 1. The van der Waals surface area contributed by atoms with Crippen molar-refractivity contribution in [1.82, 2.24) is 24.6 Å². The van der Waals surface area contributed by atoms with Crippen molar-refractivity contribution in [3.05, 3.63) is 58.1 Å². The highest BCUT2D eigenvalue weighted by Gasteiger charge is 2.29. The second-order valence-corrected chi connectivity index (χ2v) is 9.75. The Morgan fingerprint density at radius 3 is 2.51 bits per heavy atom. The quantitative estimate of drug-likeness (QED) is 0.475. The fourth-order valence-electron chi connectivity index (χ4n) is 4.78. The van der Waals surface area contributed by atoms with Crippen LogP contribution in [0.3, 0.4) is 0 Å². The molecule has 0 N–H and O–H groups in total. The number of ketones is 1. The lowest BCUT2D eigenvalue weighted by Gasteiger charge is -2.33. The van der Waals surface area contributed by atoms with E-state index >= 15 is 0 Å². The molecule has 8 nitrogen and oxygen atoms in total. The minimum Gasteiger partial charge on any atom is -0.347 e. The van der Waals surface area contributed by atoms with Crippen molar-refractivity contribution in [3.8, 4) is 11.1 Å². The van der Waals surface area contributed by atoms with Crippen LogP contribution in [0.2, 0.25) is 5.02 Å². The second kappa shape index (κ2) is 10.2. The normalized spacial score (nSPS) is 15.8. The molecule has 3 heterocycles. The largest absolute Gasteiger partial charge is 0.347 e. The predicted octanol–water partition coefficient (Wildman–Crippen LogP) is 4.29. The molecule has 9 heteroatoms. The van der Waals surface area contributed by atoms with Crippen molar-refractivity contribution in [3.63, 3.8) is 0 Å². The van der Waals surface area contributed by atoms with E-state index in [-0.39, 0.29) is 24.2 Å². The Morgan fingerprint density at radius 1 is 1.17 bits per heavy atom. The van der Waals surface area contributed by atoms with E-state index in [0.29, 0.717) is 35.3 Å². The molecule has 1 amide bonds. The Kier molecular flexibility index (Phi) is 7.21. The van der Waals surface area contributed by atoms with Gasteiger partial charge >= 0.3 is 0 Å². The molecular weight excluding hydrogens is 464 g/mol. The lowest BCUT2D eigenvalue weighted by Crippen LogP contribution is -2.41. The third kappa shape index (κ3) is 5.22. The number of piperidine rings is 1. The van der Waals surface area contributed by atoms with Crippen LogP contribution in [0.15, 0.2) is 30.5 Å². The number of halogens is 1. The number of aromatic nitrogens is 4. The van der Waals surface area contributed by atoms with Crippen molar-refractivity contribution in [2.24, 2.45) is 0 Å². The van der Waals surface area contributed by atoms with Crippen LogP contribution < -0.4 is 4.90 Å². The molecule has 1 aliphatic heterocycles. The molecule has 2 aromatic heterocycles. The molecule has 0 radical (unpaired) electrons. The fraction of sp³-hybridized carbons (Fsp3) is 0.423. The third-order valence-electron chi connectivity index (χ3n) is 6.54. The number of hydrogen-bond donors (Lipinski definition) is 0. The number of benzene rings is 1. The zero-order valence-corrected chi connectivity index (χ0v) is 21.6. The highest BCUT2D eigenvalue weighted by molar-refractivity contribution is 6.30. The topological polar surface area (TPSA) is 84.2 Å². The number of amides is 1. The van der Waals surface area contributed by atoms with Crippen LogP contribution in [0, 0.1) is 13.8 Å². The molecule has 1 fully saturated rings. The van der Waals surface area contributed by atoms with Crippen LogP contribution in [-0.2, 0) is 11.3 Å². The summed E-state index contributed by atoms with van der Waals surface area (Å²) >= 11 is 6.11. The Balaban J connectivity index is 1.60. The van der Waals surface area contributed by atoms with E-state index in [1.54, 1.807) is 11.6 Å². The molecule has 3 aromatic rings. The van der Waals surface area contributed by atoms with Gasteiger partial charge in [0.25, 0.3) is 0 Å². The molecule has 184 valence electrons. The van der Waals surface area contributed by atoms with Crippen LogP contribution in [0.4, 0.5) is 5.95 Å². The van der Waals surface area contributed by atoms with Crippen LogP contribution in [-0.4, -0.2) is 63.5 Å². The highest BCUT2D eigenvalue weighted by atomic mass is 35.5. The predicted molar refractivity (Wildman–Crippen MR) is 137 cm³/mol. The first kappa shape index (κ1) is 24.9. The monoisotopic (exact) mass is 494 g/mol. The van der Waals surface area contributed by atoms with E-state index in [4.69, 9.17) is 16.6 Å². The number of nitrogens with zero attached hydrogens (tertiary/aromatic N) is 6. The molecule has 1 atom stereocenters. The Hall–Kier alpha value is -3.26. The second-order valence-electron chi connectivity index (χ2n) is 9.31. The van der Waals surface area contributed by atoms with Gasteiger partial charge in [-0.1, -0.05) is 23.7 Å². The summed E-state index contributed by atoms with van der Waals surface area (Å²) in [4.78, 5) is 38.5. The van der Waals surface area contributed by atoms with E-state index in [2.05, 4.69) is 10.1 Å². The van der Waals surface area contributed by atoms with Gasteiger partial charge in [0.1, 0.15) is 6.54 Å². The standard InChI is InChI=1S/C26H31ClN6O2/c1-16-24(18(3)34)17(2)33(30-16)15-23(35)32-12-6-7-20(14-32)25-22(13-28-26(29-25)31(4)5)19-8-10-21(27)11-9-19/h8-11,13,20H,6-7,12,14-15H2,1-5H3/t20-/m0/s1. The first-order valence-electron chi connectivity index (χ1n) is 11.8. The summed E-state index contributed by atoms with van der Waals surface area (Å²) in [5, 5.41) is 5.12. The van der Waals surface area contributed by atoms with Crippen molar-refractivity contribution in [2.75, 3.05) is 32.1 Å². The molecule has 0 saturated carbocycles. The number of anilines is 1. The van der Waals surface area contributed by atoms with Gasteiger partial charge in [0, 0.05) is 55.6 Å². The Morgan fingerprint density at radius 2 is 1.89 bits per heavy atom. The van der Waals surface area contributed by atoms with Crippen LogP contribution in [0.1, 0.15) is 53.1 Å². The molecular formula is C26H31ClN6O2. The molecule has 0 unspecified atom stereocenters. The molecule has 1 aromatic carbocycles. The average Bonchev–Trinajstić information content (AvgIpc) is 3.11. The van der Waals surface area contributed by atoms with E-state index in [1.807, 2.05) is 61.3 Å². The average molecular weight is 495 g/mol. The minimum absolute atomic E-state index is 0.00895. The summed E-state index contributed by atoms with van der Waals surface area (Å²) in [6.07, 6.45) is 3.68. The van der Waals surface area contributed by atoms with Crippen LogP contribution >= 0.6 is 11.6 Å². The van der Waals surface area contributed by atoms with E-state index in [1.165, 1.54) is 6.92 Å². The van der Waals surface area contributed by atoms with Gasteiger partial charge in [0.2, 0.25) is 11.9 Å². The number of hydrogen-bond acceptors (Lipinski definition) is 6. The summed E-state index contributed by atoms with van der Waals surface area (Å²) in [5.74, 6) is 0.672. The SMILES string of the molecule is CC(=O)c1c(C)nn(CC(=O)N2CCC[C@H](c3nc(N(C)C)ncc3-c3ccc(Cl)cc3)C2)c1C. The minimum atomic E-state index is -0.0353. The number of likely N-dealkylation sites (tertiary alicyclic amines) is 1. The highest BCUT2D eigenvalue weighted by Crippen LogP contribution is 2.34. The summed E-state index contributed by atoms with van der Waals surface area (Å²) < 4.78 is 1.64. The van der Waals surface area contributed by atoms with E-state index < -0.39 is 0 Å². The van der Waals surface area contributed by atoms with E-state index in [9.17, 15) is 9.59 Å². The number of carbonyl (C=O) groups is 2. The van der Waals surface area contributed by atoms with Crippen molar-refractivity contribution in [1.29, 1.82) is 0 Å². The maximum absolute atomic E-state index is 13.3. The molecule has 35 heavy (non-hydrogen) atoms. The molecule has 0 bridgehead atoms. The maximum atomic E-state index is 13.3. The summed E-state index contributed by atoms with van der Waals surface area (Å²) in [6, 6.07) is 7.67. The molecule has 1 aliphatic rings. The first-order chi connectivity index (χ1) is 16.7. The summed E-state index contributed by atoms with van der Waals surface area (Å²) in [5.41, 5.74) is 4.87. The zero-order valence-electron chi connectivity index (χ0n) is 20.9.